The molecule has 58 valence electrons. The Bertz CT molecular complexity index is 285. The standard InChI is InChI=1S/C8H7ClO2/c9-7-3-1-2-5-6(7)4-11-8(5)10/h1-3,8,10H,4H2. The van der Waals surface area contributed by atoms with Crippen LogP contribution in [0.25, 0.3) is 0 Å². The van der Waals surface area contributed by atoms with E-state index < -0.39 is 6.29 Å². The van der Waals surface area contributed by atoms with E-state index in [1.807, 2.05) is 6.07 Å². The molecular weight excluding hydrogens is 164 g/mol. The number of fused-ring (bicyclic) bond motifs is 1. The average molecular weight is 171 g/mol. The molecule has 0 spiro atoms. The van der Waals surface area contributed by atoms with Crippen LogP contribution >= 0.6 is 11.6 Å². The van der Waals surface area contributed by atoms with Crippen molar-refractivity contribution >= 4 is 11.6 Å². The molecule has 0 aliphatic carbocycles. The van der Waals surface area contributed by atoms with Gasteiger partial charge >= 0.3 is 0 Å². The summed E-state index contributed by atoms with van der Waals surface area (Å²) in [5.74, 6) is 0. The van der Waals surface area contributed by atoms with Gasteiger partial charge in [0.1, 0.15) is 0 Å². The van der Waals surface area contributed by atoms with Crippen molar-refractivity contribution in [3.05, 3.63) is 34.3 Å². The first-order chi connectivity index (χ1) is 5.29. The predicted molar refractivity (Wildman–Crippen MR) is 41.2 cm³/mol. The maximum absolute atomic E-state index is 9.22. The SMILES string of the molecule is OC1OCc2c(Cl)cccc21. The molecular formula is C8H7ClO2. The maximum atomic E-state index is 9.22. The van der Waals surface area contributed by atoms with Gasteiger partial charge in [0.15, 0.2) is 6.29 Å². The molecule has 2 rings (SSSR count). The van der Waals surface area contributed by atoms with Gasteiger partial charge in [-0.15, -0.1) is 0 Å². The van der Waals surface area contributed by atoms with Crippen molar-refractivity contribution in [1.82, 2.24) is 0 Å². The van der Waals surface area contributed by atoms with E-state index in [4.69, 9.17) is 16.3 Å². The van der Waals surface area contributed by atoms with Gasteiger partial charge in [-0.3, -0.25) is 0 Å². The zero-order chi connectivity index (χ0) is 7.84. The summed E-state index contributed by atoms with van der Waals surface area (Å²) in [4.78, 5) is 0. The van der Waals surface area contributed by atoms with E-state index in [2.05, 4.69) is 0 Å². The fraction of sp³-hybridized carbons (Fsp3) is 0.250. The van der Waals surface area contributed by atoms with Crippen molar-refractivity contribution in [2.45, 2.75) is 12.9 Å². The molecule has 3 heteroatoms. The molecule has 0 saturated heterocycles. The lowest BCUT2D eigenvalue weighted by Gasteiger charge is -2.01. The maximum Gasteiger partial charge on any atom is 0.181 e. The number of aliphatic hydroxyl groups excluding tert-OH is 1. The highest BCUT2D eigenvalue weighted by Crippen LogP contribution is 2.32. The Morgan fingerprint density at radius 1 is 1.55 bits per heavy atom. The quantitative estimate of drug-likeness (QED) is 0.644. The third-order valence-corrected chi connectivity index (χ3v) is 2.16. The second kappa shape index (κ2) is 2.48. The molecule has 1 aliphatic heterocycles. The number of hydrogen-bond acceptors (Lipinski definition) is 2. The number of halogens is 1. The molecule has 0 fully saturated rings. The fourth-order valence-electron chi connectivity index (χ4n) is 1.21. The van der Waals surface area contributed by atoms with Crippen molar-refractivity contribution in [3.8, 4) is 0 Å². The minimum Gasteiger partial charge on any atom is -0.364 e. The summed E-state index contributed by atoms with van der Waals surface area (Å²) in [7, 11) is 0. The smallest absolute Gasteiger partial charge is 0.181 e. The highest BCUT2D eigenvalue weighted by molar-refractivity contribution is 6.31. The largest absolute Gasteiger partial charge is 0.364 e. The zero-order valence-electron chi connectivity index (χ0n) is 5.75. The summed E-state index contributed by atoms with van der Waals surface area (Å²) in [5, 5.41) is 9.89. The number of benzene rings is 1. The Hall–Kier alpha value is -0.570. The first kappa shape index (κ1) is 7.10. The average Bonchev–Trinajstić information content (AvgIpc) is 2.35. The first-order valence-electron chi connectivity index (χ1n) is 3.36. The number of aliphatic hydroxyl groups is 1. The Balaban J connectivity index is 2.57. The van der Waals surface area contributed by atoms with Gasteiger partial charge in [0.25, 0.3) is 0 Å². The molecule has 1 N–H and O–H groups in total. The summed E-state index contributed by atoms with van der Waals surface area (Å²) < 4.78 is 4.98. The fourth-order valence-corrected chi connectivity index (χ4v) is 1.45. The summed E-state index contributed by atoms with van der Waals surface area (Å²) in [5.41, 5.74) is 1.69. The van der Waals surface area contributed by atoms with E-state index in [0.717, 1.165) is 11.1 Å². The summed E-state index contributed by atoms with van der Waals surface area (Å²) in [6.45, 7) is 0.413. The van der Waals surface area contributed by atoms with Gasteiger partial charge in [-0.1, -0.05) is 23.7 Å². The lowest BCUT2D eigenvalue weighted by molar-refractivity contribution is -0.0918. The van der Waals surface area contributed by atoms with Crippen LogP contribution < -0.4 is 0 Å². The van der Waals surface area contributed by atoms with Crippen LogP contribution in [0.15, 0.2) is 18.2 Å². The van der Waals surface area contributed by atoms with Crippen LogP contribution in [0.1, 0.15) is 17.4 Å². The summed E-state index contributed by atoms with van der Waals surface area (Å²) in [6.07, 6.45) is -0.788. The molecule has 0 radical (unpaired) electrons. The molecule has 1 aliphatic rings. The van der Waals surface area contributed by atoms with E-state index in [1.54, 1.807) is 12.1 Å². The third kappa shape index (κ3) is 1.03. The summed E-state index contributed by atoms with van der Waals surface area (Å²) in [6, 6.07) is 5.42. The van der Waals surface area contributed by atoms with Crippen LogP contribution in [0.2, 0.25) is 5.02 Å². The monoisotopic (exact) mass is 170 g/mol. The topological polar surface area (TPSA) is 29.5 Å². The van der Waals surface area contributed by atoms with Crippen LogP contribution in [0.3, 0.4) is 0 Å². The van der Waals surface area contributed by atoms with Crippen LogP contribution in [0.4, 0.5) is 0 Å². The molecule has 1 aromatic rings. The zero-order valence-corrected chi connectivity index (χ0v) is 6.51. The van der Waals surface area contributed by atoms with Gasteiger partial charge in [-0.05, 0) is 6.07 Å². The Morgan fingerprint density at radius 3 is 3.09 bits per heavy atom. The van der Waals surface area contributed by atoms with Crippen LogP contribution in [0.5, 0.6) is 0 Å². The van der Waals surface area contributed by atoms with E-state index >= 15 is 0 Å². The van der Waals surface area contributed by atoms with Crippen molar-refractivity contribution in [2.75, 3.05) is 0 Å². The molecule has 2 nitrogen and oxygen atoms in total. The van der Waals surface area contributed by atoms with Crippen LogP contribution in [0, 0.1) is 0 Å². The van der Waals surface area contributed by atoms with E-state index in [1.165, 1.54) is 0 Å². The van der Waals surface area contributed by atoms with Gasteiger partial charge in [-0.25, -0.2) is 0 Å². The summed E-state index contributed by atoms with van der Waals surface area (Å²) >= 11 is 5.84. The highest BCUT2D eigenvalue weighted by atomic mass is 35.5. The third-order valence-electron chi connectivity index (χ3n) is 1.81. The molecule has 0 amide bonds. The molecule has 1 aromatic carbocycles. The Kier molecular flexibility index (Phi) is 1.60. The van der Waals surface area contributed by atoms with Crippen molar-refractivity contribution in [1.29, 1.82) is 0 Å². The van der Waals surface area contributed by atoms with Gasteiger partial charge in [-0.2, -0.15) is 0 Å². The number of hydrogen-bond donors (Lipinski definition) is 1. The molecule has 1 unspecified atom stereocenters. The van der Waals surface area contributed by atoms with Crippen LogP contribution in [-0.2, 0) is 11.3 Å². The van der Waals surface area contributed by atoms with Crippen LogP contribution in [-0.4, -0.2) is 5.11 Å². The minimum atomic E-state index is -0.788. The van der Waals surface area contributed by atoms with E-state index in [9.17, 15) is 5.11 Å². The second-order valence-electron chi connectivity index (χ2n) is 2.47. The molecule has 11 heavy (non-hydrogen) atoms. The van der Waals surface area contributed by atoms with E-state index in [0.29, 0.717) is 11.6 Å². The Labute approximate surface area is 69.4 Å². The van der Waals surface area contributed by atoms with Gasteiger partial charge < -0.3 is 9.84 Å². The minimum absolute atomic E-state index is 0.413. The van der Waals surface area contributed by atoms with Crippen molar-refractivity contribution in [3.63, 3.8) is 0 Å². The molecule has 0 bridgehead atoms. The molecule has 1 atom stereocenters. The molecule has 0 saturated carbocycles. The second-order valence-corrected chi connectivity index (χ2v) is 2.88. The normalized spacial score (nSPS) is 21.8. The lowest BCUT2D eigenvalue weighted by atomic mass is 10.1. The molecule has 1 heterocycles. The number of rotatable bonds is 0. The highest BCUT2D eigenvalue weighted by Gasteiger charge is 2.21. The van der Waals surface area contributed by atoms with Gasteiger partial charge in [0.2, 0.25) is 0 Å². The predicted octanol–water partition coefficient (Wildman–Crippen LogP) is 1.86. The lowest BCUT2D eigenvalue weighted by Crippen LogP contribution is -1.91. The van der Waals surface area contributed by atoms with Gasteiger partial charge in [0.05, 0.1) is 6.61 Å². The Morgan fingerprint density at radius 2 is 2.36 bits per heavy atom. The number of ether oxygens (including phenoxy) is 1. The van der Waals surface area contributed by atoms with Gasteiger partial charge in [0, 0.05) is 16.1 Å². The molecule has 0 aromatic heterocycles. The van der Waals surface area contributed by atoms with Crippen molar-refractivity contribution in [2.24, 2.45) is 0 Å². The first-order valence-corrected chi connectivity index (χ1v) is 3.74. The van der Waals surface area contributed by atoms with E-state index in [-0.39, 0.29) is 0 Å². The van der Waals surface area contributed by atoms with Crippen molar-refractivity contribution < 1.29 is 9.84 Å².